The fraction of sp³-hybridized carbons (Fsp3) is 0.533. The molecule has 2 aromatic carbocycles. The Hall–Kier alpha value is -2.62. The molecule has 34 heavy (non-hydrogen) atoms. The first kappa shape index (κ1) is 33.6. The van der Waals surface area contributed by atoms with Crippen LogP contribution >= 0.6 is 0 Å². The first-order chi connectivity index (χ1) is 15.4. The molecule has 0 spiro atoms. The molecule has 0 saturated heterocycles. The van der Waals surface area contributed by atoms with E-state index in [0.29, 0.717) is 37.2 Å². The molecule has 0 radical (unpaired) electrons. The molecule has 0 aliphatic rings. The maximum atomic E-state index is 11.8. The van der Waals surface area contributed by atoms with Gasteiger partial charge in [0.2, 0.25) is 0 Å². The summed E-state index contributed by atoms with van der Waals surface area (Å²) in [5, 5.41) is 0. The number of aryl methyl sites for hydroxylation is 2. The third kappa shape index (κ3) is 14.5. The van der Waals surface area contributed by atoms with Crippen molar-refractivity contribution in [2.45, 2.75) is 88.0 Å². The minimum Gasteiger partial charge on any atom is -0.462 e. The lowest BCUT2D eigenvalue weighted by molar-refractivity contribution is 0.0432. The summed E-state index contributed by atoms with van der Waals surface area (Å²) in [6, 6.07) is 14.5. The average molecular weight is 473 g/mol. The highest BCUT2D eigenvalue weighted by Gasteiger charge is 2.08. The lowest BCUT2D eigenvalue weighted by Crippen LogP contribution is -2.09. The van der Waals surface area contributed by atoms with Gasteiger partial charge in [-0.3, -0.25) is 0 Å². The number of rotatable bonds is 11. The van der Waals surface area contributed by atoms with Gasteiger partial charge in [-0.2, -0.15) is 0 Å². The summed E-state index contributed by atoms with van der Waals surface area (Å²) >= 11 is 0. The van der Waals surface area contributed by atoms with Crippen molar-refractivity contribution in [3.63, 3.8) is 0 Å². The van der Waals surface area contributed by atoms with Gasteiger partial charge in [-0.15, -0.1) is 0 Å². The van der Waals surface area contributed by atoms with Crippen molar-refractivity contribution in [1.29, 1.82) is 0 Å². The molecule has 0 heterocycles. The van der Waals surface area contributed by atoms with E-state index in [1.807, 2.05) is 38.1 Å². The Morgan fingerprint density at radius 3 is 1.41 bits per heavy atom. The second kappa shape index (κ2) is 19.8. The summed E-state index contributed by atoms with van der Waals surface area (Å²) in [7, 11) is 0. The molecule has 1 unspecified atom stereocenters. The first-order valence-electron chi connectivity index (χ1n) is 11.8. The molecule has 1 atom stereocenters. The van der Waals surface area contributed by atoms with Crippen LogP contribution < -0.4 is 0 Å². The molecule has 4 heteroatoms. The van der Waals surface area contributed by atoms with Gasteiger partial charge in [0.05, 0.1) is 24.3 Å². The van der Waals surface area contributed by atoms with E-state index in [-0.39, 0.29) is 26.8 Å². The molecule has 0 aliphatic carbocycles. The zero-order chi connectivity index (χ0) is 23.8. The van der Waals surface area contributed by atoms with Crippen molar-refractivity contribution in [2.24, 2.45) is 5.92 Å². The first-order valence-corrected chi connectivity index (χ1v) is 11.8. The van der Waals surface area contributed by atoms with E-state index >= 15 is 0 Å². The average Bonchev–Trinajstić information content (AvgIpc) is 2.80. The molecular weight excluding hydrogens is 424 g/mol. The van der Waals surface area contributed by atoms with Crippen LogP contribution in [-0.4, -0.2) is 25.2 Å². The molecule has 0 N–H and O–H groups in total. The summed E-state index contributed by atoms with van der Waals surface area (Å²) in [5.74, 6) is 0.299. The van der Waals surface area contributed by atoms with E-state index in [1.165, 1.54) is 25.7 Å². The van der Waals surface area contributed by atoms with E-state index in [9.17, 15) is 9.59 Å². The molecule has 0 saturated carbocycles. The fourth-order valence-corrected chi connectivity index (χ4v) is 2.84. The highest BCUT2D eigenvalue weighted by Crippen LogP contribution is 2.10. The van der Waals surface area contributed by atoms with Crippen molar-refractivity contribution >= 4 is 11.9 Å². The topological polar surface area (TPSA) is 52.6 Å². The Morgan fingerprint density at radius 2 is 1.09 bits per heavy atom. The monoisotopic (exact) mass is 472 g/mol. The Morgan fingerprint density at radius 1 is 0.706 bits per heavy atom. The van der Waals surface area contributed by atoms with Crippen molar-refractivity contribution in [1.82, 2.24) is 0 Å². The maximum Gasteiger partial charge on any atom is 0.338 e. The summed E-state index contributed by atoms with van der Waals surface area (Å²) in [5.41, 5.74) is 3.29. The van der Waals surface area contributed by atoms with Gasteiger partial charge in [0.25, 0.3) is 0 Å². The maximum absolute atomic E-state index is 11.8. The number of ether oxygens (including phenoxy) is 2. The van der Waals surface area contributed by atoms with Crippen LogP contribution in [0.1, 0.15) is 106 Å². The van der Waals surface area contributed by atoms with Crippen molar-refractivity contribution in [3.05, 3.63) is 70.8 Å². The van der Waals surface area contributed by atoms with Crippen molar-refractivity contribution in [3.8, 4) is 0 Å². The number of esters is 2. The van der Waals surface area contributed by atoms with Gasteiger partial charge >= 0.3 is 11.9 Å². The minimum atomic E-state index is -0.327. The summed E-state index contributed by atoms with van der Waals surface area (Å²) < 4.78 is 10.4. The van der Waals surface area contributed by atoms with Gasteiger partial charge in [0.1, 0.15) is 0 Å². The summed E-state index contributed by atoms with van der Waals surface area (Å²) in [4.78, 5) is 23.6. The molecule has 0 aromatic heterocycles. The van der Waals surface area contributed by atoms with Gasteiger partial charge in [0, 0.05) is 0 Å². The SMILES string of the molecule is C.C.CCCCC(C)CC.Cc1ccc(C(=O)OCCCCOC(=O)c2ccc(C)cc2)cc1. The highest BCUT2D eigenvalue weighted by atomic mass is 16.5. The van der Waals surface area contributed by atoms with E-state index in [2.05, 4.69) is 20.8 Å². The number of carbonyl (C=O) groups excluding carboxylic acids is 2. The van der Waals surface area contributed by atoms with E-state index in [0.717, 1.165) is 17.0 Å². The lowest BCUT2D eigenvalue weighted by atomic mass is 10.0. The largest absolute Gasteiger partial charge is 0.462 e. The molecule has 2 aromatic rings. The van der Waals surface area contributed by atoms with Gasteiger partial charge in [0.15, 0.2) is 0 Å². The van der Waals surface area contributed by atoms with E-state index < -0.39 is 0 Å². The van der Waals surface area contributed by atoms with Crippen LogP contribution in [0, 0.1) is 19.8 Å². The Balaban J connectivity index is 0. The Kier molecular flexibility index (Phi) is 19.6. The zero-order valence-corrected chi connectivity index (χ0v) is 20.5. The van der Waals surface area contributed by atoms with Crippen molar-refractivity contribution < 1.29 is 19.1 Å². The zero-order valence-electron chi connectivity index (χ0n) is 20.5. The van der Waals surface area contributed by atoms with Crippen LogP contribution in [-0.2, 0) is 9.47 Å². The molecule has 192 valence electrons. The number of benzene rings is 2. The van der Waals surface area contributed by atoms with E-state index in [4.69, 9.17) is 9.47 Å². The van der Waals surface area contributed by atoms with Crippen LogP contribution in [0.3, 0.4) is 0 Å². The molecule has 4 nitrogen and oxygen atoms in total. The number of carbonyl (C=O) groups is 2. The summed E-state index contributed by atoms with van der Waals surface area (Å²) in [6.45, 7) is 11.4. The molecule has 0 fully saturated rings. The molecule has 0 bridgehead atoms. The summed E-state index contributed by atoms with van der Waals surface area (Å²) in [6.07, 6.45) is 6.84. The van der Waals surface area contributed by atoms with Crippen LogP contribution in [0.5, 0.6) is 0 Å². The molecule has 2 rings (SSSR count). The highest BCUT2D eigenvalue weighted by molar-refractivity contribution is 5.89. The second-order valence-corrected chi connectivity index (χ2v) is 8.37. The normalized spacial score (nSPS) is 10.5. The molecular formula is C30H48O4. The second-order valence-electron chi connectivity index (χ2n) is 8.37. The van der Waals surface area contributed by atoms with Crippen LogP contribution in [0.25, 0.3) is 0 Å². The number of unbranched alkanes of at least 4 members (excludes halogenated alkanes) is 2. The Labute approximate surface area is 209 Å². The molecule has 0 aliphatic heterocycles. The van der Waals surface area contributed by atoms with Crippen LogP contribution in [0.15, 0.2) is 48.5 Å². The Bertz CT molecular complexity index is 717. The standard InChI is InChI=1S/C20H22O4.C8H18.2CH4/c1-15-5-9-17(10-6-15)19(21)23-13-3-4-14-24-20(22)18-11-7-16(2)8-12-18;1-4-6-7-8(3)5-2;;/h5-12H,3-4,13-14H2,1-2H3;8H,4-7H2,1-3H3;2*1H4. The minimum absolute atomic E-state index is 0. The predicted octanol–water partition coefficient (Wildman–Crippen LogP) is 8.59. The van der Waals surface area contributed by atoms with E-state index in [1.54, 1.807) is 24.3 Å². The number of hydrogen-bond donors (Lipinski definition) is 0. The quantitative estimate of drug-likeness (QED) is 0.243. The predicted molar refractivity (Wildman–Crippen MR) is 145 cm³/mol. The lowest BCUT2D eigenvalue weighted by Gasteiger charge is -2.06. The van der Waals surface area contributed by atoms with Gasteiger partial charge in [-0.1, -0.05) is 96.7 Å². The van der Waals surface area contributed by atoms with Crippen LogP contribution in [0.2, 0.25) is 0 Å². The van der Waals surface area contributed by atoms with Crippen LogP contribution in [0.4, 0.5) is 0 Å². The molecule has 0 amide bonds. The van der Waals surface area contributed by atoms with Gasteiger partial charge in [-0.05, 0) is 56.9 Å². The third-order valence-electron chi connectivity index (χ3n) is 5.33. The number of hydrogen-bond acceptors (Lipinski definition) is 4. The smallest absolute Gasteiger partial charge is 0.338 e. The van der Waals surface area contributed by atoms with Gasteiger partial charge in [-0.25, -0.2) is 9.59 Å². The van der Waals surface area contributed by atoms with Crippen molar-refractivity contribution in [2.75, 3.05) is 13.2 Å². The van der Waals surface area contributed by atoms with Gasteiger partial charge < -0.3 is 9.47 Å². The third-order valence-corrected chi connectivity index (χ3v) is 5.33. The fourth-order valence-electron chi connectivity index (χ4n) is 2.84.